The van der Waals surface area contributed by atoms with E-state index in [-0.39, 0.29) is 17.4 Å². The molecule has 1 aromatic heterocycles. The summed E-state index contributed by atoms with van der Waals surface area (Å²) in [6, 6.07) is 20.9. The predicted octanol–water partition coefficient (Wildman–Crippen LogP) is 5.10. The van der Waals surface area contributed by atoms with E-state index < -0.39 is 0 Å². The number of hydrazone groups is 1. The second-order valence-corrected chi connectivity index (χ2v) is 10.5. The van der Waals surface area contributed by atoms with Crippen LogP contribution in [0.3, 0.4) is 0 Å². The van der Waals surface area contributed by atoms with E-state index in [2.05, 4.69) is 43.3 Å². The molecular weight excluding hydrogens is 692 g/mol. The molecule has 11 heteroatoms. The van der Waals surface area contributed by atoms with Gasteiger partial charge in [-0.05, 0) is 81.6 Å². The van der Waals surface area contributed by atoms with Crippen molar-refractivity contribution in [1.29, 1.82) is 0 Å². The third kappa shape index (κ3) is 6.32. The lowest BCUT2D eigenvalue weighted by Gasteiger charge is -2.11. The second kappa shape index (κ2) is 11.9. The molecule has 0 aliphatic heterocycles. The third-order valence-electron chi connectivity index (χ3n) is 4.78. The minimum absolute atomic E-state index is 0.0796. The van der Waals surface area contributed by atoms with Gasteiger partial charge in [0.15, 0.2) is 11.0 Å². The second-order valence-electron chi connectivity index (χ2n) is 7.11. The zero-order valence-corrected chi connectivity index (χ0v) is 23.5. The SMILES string of the molecule is COc1ccc(-n2c(SCC(=O)NN=Cc3cc(I)cc(I)c3O)nnc2-c2ccccc2)cc1. The third-order valence-corrected chi connectivity index (χ3v) is 7.15. The fraction of sp³-hybridized carbons (Fsp3) is 0.0833. The van der Waals surface area contributed by atoms with Crippen LogP contribution in [0.15, 0.2) is 77.0 Å². The lowest BCUT2D eigenvalue weighted by atomic mass is 10.2. The van der Waals surface area contributed by atoms with E-state index in [1.165, 1.54) is 18.0 Å². The molecule has 0 bridgehead atoms. The van der Waals surface area contributed by atoms with E-state index >= 15 is 0 Å². The van der Waals surface area contributed by atoms with Gasteiger partial charge in [0.25, 0.3) is 5.91 Å². The number of methoxy groups -OCH3 is 1. The fourth-order valence-electron chi connectivity index (χ4n) is 3.12. The Labute approximate surface area is 233 Å². The summed E-state index contributed by atoms with van der Waals surface area (Å²) in [5, 5.41) is 23.4. The van der Waals surface area contributed by atoms with Gasteiger partial charge < -0.3 is 9.84 Å². The fourth-order valence-corrected chi connectivity index (χ4v) is 5.76. The van der Waals surface area contributed by atoms with Gasteiger partial charge in [-0.15, -0.1) is 10.2 Å². The van der Waals surface area contributed by atoms with Gasteiger partial charge in [0, 0.05) is 20.4 Å². The Morgan fingerprint density at radius 2 is 1.89 bits per heavy atom. The van der Waals surface area contributed by atoms with E-state index in [9.17, 15) is 9.90 Å². The Hall–Kier alpha value is -2.65. The Morgan fingerprint density at radius 3 is 2.60 bits per heavy atom. The number of aromatic nitrogens is 3. The zero-order chi connectivity index (χ0) is 24.8. The van der Waals surface area contributed by atoms with Crippen LogP contribution in [0.2, 0.25) is 0 Å². The molecule has 35 heavy (non-hydrogen) atoms. The van der Waals surface area contributed by atoms with Crippen molar-refractivity contribution in [2.24, 2.45) is 5.10 Å². The average molecular weight is 711 g/mol. The summed E-state index contributed by atoms with van der Waals surface area (Å²) in [7, 11) is 1.62. The maximum Gasteiger partial charge on any atom is 0.250 e. The van der Waals surface area contributed by atoms with Crippen molar-refractivity contribution < 1.29 is 14.6 Å². The van der Waals surface area contributed by atoms with E-state index in [4.69, 9.17) is 4.74 Å². The number of thioether (sulfide) groups is 1. The van der Waals surface area contributed by atoms with Crippen molar-refractivity contribution in [3.8, 4) is 28.6 Å². The van der Waals surface area contributed by atoms with Crippen LogP contribution in [0, 0.1) is 7.14 Å². The zero-order valence-electron chi connectivity index (χ0n) is 18.4. The van der Waals surface area contributed by atoms with Gasteiger partial charge >= 0.3 is 0 Å². The maximum atomic E-state index is 12.4. The molecule has 0 spiro atoms. The van der Waals surface area contributed by atoms with Gasteiger partial charge in [0.05, 0.1) is 22.6 Å². The number of rotatable bonds is 8. The summed E-state index contributed by atoms with van der Waals surface area (Å²) >= 11 is 5.46. The van der Waals surface area contributed by atoms with Crippen molar-refractivity contribution in [2.45, 2.75) is 5.16 Å². The number of benzene rings is 3. The smallest absolute Gasteiger partial charge is 0.250 e. The molecule has 0 fully saturated rings. The topological polar surface area (TPSA) is 102 Å². The summed E-state index contributed by atoms with van der Waals surface area (Å²) in [4.78, 5) is 12.4. The maximum absolute atomic E-state index is 12.4. The van der Waals surface area contributed by atoms with Crippen LogP contribution in [0.4, 0.5) is 0 Å². The Kier molecular flexibility index (Phi) is 8.62. The number of phenols is 1. The van der Waals surface area contributed by atoms with Gasteiger partial charge in [-0.25, -0.2) is 5.43 Å². The molecular formula is C24H19I2N5O3S. The molecule has 0 saturated heterocycles. The number of halogens is 2. The summed E-state index contributed by atoms with van der Waals surface area (Å²) in [5.41, 5.74) is 4.78. The molecule has 178 valence electrons. The van der Waals surface area contributed by atoms with Crippen LogP contribution in [-0.4, -0.2) is 44.9 Å². The summed E-state index contributed by atoms with van der Waals surface area (Å²) < 4.78 is 8.85. The van der Waals surface area contributed by atoms with E-state index in [0.717, 1.165) is 20.6 Å². The van der Waals surface area contributed by atoms with Crippen LogP contribution < -0.4 is 10.2 Å². The molecule has 0 radical (unpaired) electrons. The van der Waals surface area contributed by atoms with Gasteiger partial charge in [0.2, 0.25) is 0 Å². The Balaban J connectivity index is 1.51. The largest absolute Gasteiger partial charge is 0.506 e. The monoisotopic (exact) mass is 711 g/mol. The van der Waals surface area contributed by atoms with Crippen molar-refractivity contribution in [3.63, 3.8) is 0 Å². The summed E-state index contributed by atoms with van der Waals surface area (Å²) in [5.74, 6) is 1.30. The van der Waals surface area contributed by atoms with Crippen LogP contribution in [0.25, 0.3) is 17.1 Å². The highest BCUT2D eigenvalue weighted by atomic mass is 127. The number of carbonyl (C=O) groups is 1. The Bertz CT molecular complexity index is 1360. The summed E-state index contributed by atoms with van der Waals surface area (Å²) in [6.07, 6.45) is 1.43. The van der Waals surface area contributed by atoms with E-state index in [0.29, 0.717) is 20.1 Å². The number of phenolic OH excluding ortho intramolecular Hbond substituents is 1. The highest BCUT2D eigenvalue weighted by Crippen LogP contribution is 2.29. The van der Waals surface area contributed by atoms with Gasteiger partial charge in [-0.2, -0.15) is 5.10 Å². The van der Waals surface area contributed by atoms with Gasteiger partial charge in [-0.3, -0.25) is 9.36 Å². The number of nitrogens with zero attached hydrogens (tertiary/aromatic N) is 4. The normalized spacial score (nSPS) is 11.1. The molecule has 0 aliphatic carbocycles. The number of aromatic hydroxyl groups is 1. The number of hydrogen-bond acceptors (Lipinski definition) is 7. The molecule has 0 unspecified atom stereocenters. The standard InChI is InChI=1S/C24H19I2N5O3S/c1-34-19-9-7-18(8-10-19)31-23(15-5-3-2-4-6-15)29-30-24(31)35-14-21(32)28-27-13-16-11-17(25)12-20(26)22(16)33/h2-13,33H,14H2,1H3,(H,28,32). The average Bonchev–Trinajstić information content (AvgIpc) is 3.30. The van der Waals surface area contributed by atoms with Crippen LogP contribution in [0.5, 0.6) is 11.5 Å². The molecule has 8 nitrogen and oxygen atoms in total. The lowest BCUT2D eigenvalue weighted by Crippen LogP contribution is -2.20. The number of nitrogens with one attached hydrogen (secondary N) is 1. The highest BCUT2D eigenvalue weighted by Gasteiger charge is 2.17. The molecule has 4 rings (SSSR count). The quantitative estimate of drug-likeness (QED) is 0.114. The van der Waals surface area contributed by atoms with Crippen LogP contribution >= 0.6 is 56.9 Å². The molecule has 1 heterocycles. The lowest BCUT2D eigenvalue weighted by molar-refractivity contribution is -0.118. The number of amides is 1. The first kappa shape index (κ1) is 25.4. The number of hydrogen-bond donors (Lipinski definition) is 2. The molecule has 2 N–H and O–H groups in total. The summed E-state index contributed by atoms with van der Waals surface area (Å²) in [6.45, 7) is 0. The molecule has 3 aromatic carbocycles. The molecule has 4 aromatic rings. The van der Waals surface area contributed by atoms with Crippen LogP contribution in [-0.2, 0) is 4.79 Å². The van der Waals surface area contributed by atoms with Crippen molar-refractivity contribution in [1.82, 2.24) is 20.2 Å². The van der Waals surface area contributed by atoms with Crippen molar-refractivity contribution >= 4 is 69.1 Å². The number of ether oxygens (including phenoxy) is 1. The highest BCUT2D eigenvalue weighted by molar-refractivity contribution is 14.1. The van der Waals surface area contributed by atoms with Crippen LogP contribution in [0.1, 0.15) is 5.56 Å². The van der Waals surface area contributed by atoms with Gasteiger partial charge in [0.1, 0.15) is 11.5 Å². The van der Waals surface area contributed by atoms with Gasteiger partial charge in [-0.1, -0.05) is 42.1 Å². The first-order valence-electron chi connectivity index (χ1n) is 10.2. The van der Waals surface area contributed by atoms with Crippen molar-refractivity contribution in [2.75, 3.05) is 12.9 Å². The minimum atomic E-state index is -0.309. The Morgan fingerprint density at radius 1 is 1.14 bits per heavy atom. The minimum Gasteiger partial charge on any atom is -0.506 e. The predicted molar refractivity (Wildman–Crippen MR) is 153 cm³/mol. The molecule has 1 amide bonds. The molecule has 0 atom stereocenters. The van der Waals surface area contributed by atoms with Crippen molar-refractivity contribution in [3.05, 3.63) is 79.4 Å². The first-order chi connectivity index (χ1) is 17.0. The van der Waals surface area contributed by atoms with E-state index in [1.54, 1.807) is 13.2 Å². The van der Waals surface area contributed by atoms with E-state index in [1.807, 2.05) is 87.8 Å². The molecule has 0 saturated carbocycles. The number of carbonyl (C=O) groups excluding carboxylic acids is 1. The molecule has 0 aliphatic rings. The first-order valence-corrected chi connectivity index (χ1v) is 13.4.